The Morgan fingerprint density at radius 2 is 1.68 bits per heavy atom. The monoisotopic (exact) mass is 319 g/mol. The molecule has 1 atom stereocenters. The Morgan fingerprint density at radius 3 is 2.26 bits per heavy atom. The van der Waals surface area contributed by atoms with Gasteiger partial charge in [-0.1, -0.05) is 45.8 Å². The van der Waals surface area contributed by atoms with Crippen LogP contribution in [0, 0.1) is 13.8 Å². The lowest BCUT2D eigenvalue weighted by atomic mass is 10.1. The van der Waals surface area contributed by atoms with Crippen LogP contribution in [0.1, 0.15) is 22.7 Å². The van der Waals surface area contributed by atoms with E-state index in [1.54, 1.807) is 0 Å². The molecule has 0 saturated heterocycles. The molecule has 0 saturated carbocycles. The van der Waals surface area contributed by atoms with E-state index in [2.05, 4.69) is 59.4 Å². The first-order valence-corrected chi connectivity index (χ1v) is 7.09. The Morgan fingerprint density at radius 1 is 1.05 bits per heavy atom. The van der Waals surface area contributed by atoms with Crippen molar-refractivity contribution in [3.8, 4) is 0 Å². The van der Waals surface area contributed by atoms with Gasteiger partial charge in [-0.3, -0.25) is 0 Å². The minimum absolute atomic E-state index is 0.0511. The van der Waals surface area contributed by atoms with Crippen molar-refractivity contribution in [2.45, 2.75) is 19.9 Å². The number of anilines is 1. The number of aliphatic hydroxyl groups excluding tert-OH is 1. The summed E-state index contributed by atoms with van der Waals surface area (Å²) in [5.41, 5.74) is 4.50. The highest BCUT2D eigenvalue weighted by atomic mass is 79.9. The van der Waals surface area contributed by atoms with Gasteiger partial charge in [0.1, 0.15) is 0 Å². The van der Waals surface area contributed by atoms with E-state index in [-0.39, 0.29) is 12.6 Å². The molecule has 2 N–H and O–H groups in total. The molecule has 19 heavy (non-hydrogen) atoms. The summed E-state index contributed by atoms with van der Waals surface area (Å²) in [6.45, 7) is 4.16. The molecular weight excluding hydrogens is 302 g/mol. The molecule has 0 radical (unpaired) electrons. The quantitative estimate of drug-likeness (QED) is 0.884. The molecule has 0 aliphatic heterocycles. The zero-order valence-electron chi connectivity index (χ0n) is 11.2. The van der Waals surface area contributed by atoms with E-state index >= 15 is 0 Å². The van der Waals surface area contributed by atoms with Crippen LogP contribution in [0.3, 0.4) is 0 Å². The molecule has 0 aromatic heterocycles. The van der Waals surface area contributed by atoms with Crippen LogP contribution in [0.25, 0.3) is 0 Å². The fourth-order valence-corrected chi connectivity index (χ4v) is 2.76. The van der Waals surface area contributed by atoms with Crippen molar-refractivity contribution in [1.29, 1.82) is 0 Å². The van der Waals surface area contributed by atoms with Gasteiger partial charge in [-0.15, -0.1) is 0 Å². The smallest absolute Gasteiger partial charge is 0.0755 e. The van der Waals surface area contributed by atoms with Crippen molar-refractivity contribution in [2.75, 3.05) is 11.9 Å². The molecule has 2 rings (SSSR count). The molecule has 0 aliphatic carbocycles. The summed E-state index contributed by atoms with van der Waals surface area (Å²) in [5.74, 6) is 0. The fourth-order valence-electron chi connectivity index (χ4n) is 1.99. The summed E-state index contributed by atoms with van der Waals surface area (Å²) in [6.07, 6.45) is 0. The maximum absolute atomic E-state index is 9.61. The first-order valence-electron chi connectivity index (χ1n) is 6.30. The Balaban J connectivity index is 2.22. The summed E-state index contributed by atoms with van der Waals surface area (Å²) in [4.78, 5) is 0. The van der Waals surface area contributed by atoms with Crippen molar-refractivity contribution < 1.29 is 5.11 Å². The standard InChI is InChI=1S/C16H18BrNO/c1-11-3-6-13(7-4-11)18-16(10-19)14-8-5-12(2)9-15(14)17/h3-9,16,18-19H,10H2,1-2H3. The van der Waals surface area contributed by atoms with E-state index < -0.39 is 0 Å². The minimum atomic E-state index is -0.113. The second-order valence-corrected chi connectivity index (χ2v) is 5.62. The number of aliphatic hydroxyl groups is 1. The van der Waals surface area contributed by atoms with E-state index in [0.717, 1.165) is 15.7 Å². The largest absolute Gasteiger partial charge is 0.394 e. The summed E-state index contributed by atoms with van der Waals surface area (Å²) in [5, 5.41) is 13.0. The van der Waals surface area contributed by atoms with Crippen LogP contribution in [0.4, 0.5) is 5.69 Å². The second-order valence-electron chi connectivity index (χ2n) is 4.77. The first-order chi connectivity index (χ1) is 9.10. The zero-order chi connectivity index (χ0) is 13.8. The van der Waals surface area contributed by atoms with Crippen LogP contribution in [0.2, 0.25) is 0 Å². The van der Waals surface area contributed by atoms with Crippen molar-refractivity contribution in [3.05, 3.63) is 63.6 Å². The van der Waals surface area contributed by atoms with Crippen molar-refractivity contribution >= 4 is 21.6 Å². The highest BCUT2D eigenvalue weighted by Gasteiger charge is 2.13. The Bertz CT molecular complexity index is 551. The van der Waals surface area contributed by atoms with Gasteiger partial charge in [-0.2, -0.15) is 0 Å². The fraction of sp³-hybridized carbons (Fsp3) is 0.250. The zero-order valence-corrected chi connectivity index (χ0v) is 12.7. The summed E-state index contributed by atoms with van der Waals surface area (Å²) in [7, 11) is 0. The molecule has 100 valence electrons. The number of rotatable bonds is 4. The lowest BCUT2D eigenvalue weighted by Gasteiger charge is -2.20. The predicted molar refractivity (Wildman–Crippen MR) is 83.5 cm³/mol. The SMILES string of the molecule is Cc1ccc(NC(CO)c2ccc(C)cc2Br)cc1. The number of benzene rings is 2. The van der Waals surface area contributed by atoms with Crippen molar-refractivity contribution in [2.24, 2.45) is 0 Å². The van der Waals surface area contributed by atoms with E-state index in [9.17, 15) is 5.11 Å². The molecule has 0 aliphatic rings. The Kier molecular flexibility index (Phi) is 4.61. The topological polar surface area (TPSA) is 32.3 Å². The molecule has 2 aromatic rings. The van der Waals surface area contributed by atoms with Crippen LogP contribution >= 0.6 is 15.9 Å². The summed E-state index contributed by atoms with van der Waals surface area (Å²) < 4.78 is 1.02. The number of halogens is 1. The molecule has 2 nitrogen and oxygen atoms in total. The average Bonchev–Trinajstić information content (AvgIpc) is 2.39. The molecule has 0 fully saturated rings. The molecule has 0 bridgehead atoms. The van der Waals surface area contributed by atoms with Gasteiger partial charge in [-0.25, -0.2) is 0 Å². The van der Waals surface area contributed by atoms with Gasteiger partial charge in [0.15, 0.2) is 0 Å². The number of hydrogen-bond acceptors (Lipinski definition) is 2. The maximum atomic E-state index is 9.61. The highest BCUT2D eigenvalue weighted by molar-refractivity contribution is 9.10. The third-order valence-electron chi connectivity index (χ3n) is 3.11. The van der Waals surface area contributed by atoms with E-state index in [1.807, 2.05) is 18.2 Å². The van der Waals surface area contributed by atoms with Gasteiger partial charge >= 0.3 is 0 Å². The summed E-state index contributed by atoms with van der Waals surface area (Å²) >= 11 is 3.56. The molecule has 3 heteroatoms. The molecule has 0 amide bonds. The summed E-state index contributed by atoms with van der Waals surface area (Å²) in [6, 6.07) is 14.2. The molecule has 0 spiro atoms. The van der Waals surface area contributed by atoms with Crippen LogP contribution in [0.15, 0.2) is 46.9 Å². The number of nitrogens with one attached hydrogen (secondary N) is 1. The van der Waals surface area contributed by atoms with Gasteiger partial charge in [0, 0.05) is 10.2 Å². The van der Waals surface area contributed by atoms with Gasteiger partial charge in [0.2, 0.25) is 0 Å². The van der Waals surface area contributed by atoms with E-state index in [0.29, 0.717) is 0 Å². The number of aryl methyl sites for hydroxylation is 2. The van der Waals surface area contributed by atoms with Gasteiger partial charge in [-0.05, 0) is 43.2 Å². The van der Waals surface area contributed by atoms with Crippen LogP contribution in [0.5, 0.6) is 0 Å². The van der Waals surface area contributed by atoms with Crippen LogP contribution in [-0.2, 0) is 0 Å². The van der Waals surface area contributed by atoms with Crippen LogP contribution < -0.4 is 5.32 Å². The normalized spacial score (nSPS) is 12.2. The average molecular weight is 320 g/mol. The predicted octanol–water partition coefficient (Wildman–Crippen LogP) is 4.21. The highest BCUT2D eigenvalue weighted by Crippen LogP contribution is 2.27. The van der Waals surface area contributed by atoms with Gasteiger partial charge in [0.05, 0.1) is 12.6 Å². The Labute approximate surface area is 122 Å². The first kappa shape index (κ1) is 14.1. The van der Waals surface area contributed by atoms with Gasteiger partial charge < -0.3 is 10.4 Å². The van der Waals surface area contributed by atoms with Crippen LogP contribution in [-0.4, -0.2) is 11.7 Å². The maximum Gasteiger partial charge on any atom is 0.0755 e. The van der Waals surface area contributed by atoms with Crippen molar-refractivity contribution in [3.63, 3.8) is 0 Å². The third kappa shape index (κ3) is 3.58. The van der Waals surface area contributed by atoms with Gasteiger partial charge in [0.25, 0.3) is 0 Å². The lowest BCUT2D eigenvalue weighted by Crippen LogP contribution is -2.15. The van der Waals surface area contributed by atoms with E-state index in [4.69, 9.17) is 0 Å². The number of hydrogen-bond donors (Lipinski definition) is 2. The molecule has 0 heterocycles. The molecular formula is C16H18BrNO. The van der Waals surface area contributed by atoms with Crippen molar-refractivity contribution in [1.82, 2.24) is 0 Å². The second kappa shape index (κ2) is 6.22. The Hall–Kier alpha value is -1.32. The molecule has 1 unspecified atom stereocenters. The van der Waals surface area contributed by atoms with E-state index in [1.165, 1.54) is 11.1 Å². The third-order valence-corrected chi connectivity index (χ3v) is 3.79. The lowest BCUT2D eigenvalue weighted by molar-refractivity contribution is 0.276. The molecule has 2 aromatic carbocycles. The minimum Gasteiger partial charge on any atom is -0.394 e.